The molecule has 0 bridgehead atoms. The first-order chi connectivity index (χ1) is 25.9. The van der Waals surface area contributed by atoms with Crippen molar-refractivity contribution >= 4 is 45.4 Å². The van der Waals surface area contributed by atoms with Crippen LogP contribution >= 0.6 is 0 Å². The van der Waals surface area contributed by atoms with Crippen molar-refractivity contribution < 1.29 is 18.9 Å². The number of aromatic nitrogens is 4. The van der Waals surface area contributed by atoms with Gasteiger partial charge in [0.1, 0.15) is 17.2 Å². The molecule has 0 radical (unpaired) electrons. The maximum absolute atomic E-state index is 12.7. The van der Waals surface area contributed by atoms with Gasteiger partial charge in [0.15, 0.2) is 5.58 Å². The molecule has 12 nitrogen and oxygen atoms in total. The van der Waals surface area contributed by atoms with E-state index in [1.807, 2.05) is 6.07 Å². The number of rotatable bonds is 9. The van der Waals surface area contributed by atoms with Crippen LogP contribution in [0.1, 0.15) is 109 Å². The van der Waals surface area contributed by atoms with Gasteiger partial charge in [-0.2, -0.15) is 0 Å². The topological polar surface area (TPSA) is 152 Å². The number of carbonyl (C=O) groups excluding carboxylic acids is 3. The van der Waals surface area contributed by atoms with E-state index in [-0.39, 0.29) is 17.5 Å². The van der Waals surface area contributed by atoms with Gasteiger partial charge in [0.05, 0.1) is 23.2 Å². The second kappa shape index (κ2) is 14.0. The molecule has 0 spiro atoms. The molecule has 274 valence electrons. The van der Waals surface area contributed by atoms with Gasteiger partial charge >= 0.3 is 0 Å². The number of hydrogen-bond donors (Lipinski definition) is 2. The molecule has 1 unspecified atom stereocenters. The Morgan fingerprint density at radius 3 is 2.45 bits per heavy atom. The highest BCUT2D eigenvalue weighted by atomic mass is 16.5. The number of imide groups is 1. The minimum Gasteiger partial charge on any atom is -0.364 e. The number of fused-ring (bicyclic) bond motifs is 3. The number of nitrogens with two attached hydrogens (primary N) is 1. The Kier molecular flexibility index (Phi) is 8.93. The smallest absolute Gasteiger partial charge is 0.269 e. The number of nitrogens with zero attached hydrogens (tertiary/aromatic N) is 6. The zero-order valence-electron chi connectivity index (χ0n) is 30.0. The Hall–Kier alpha value is -5.10. The molecule has 53 heavy (non-hydrogen) atoms. The number of amides is 3. The molecule has 9 rings (SSSR count). The summed E-state index contributed by atoms with van der Waals surface area (Å²) in [6, 6.07) is 16.2. The Labute approximate surface area is 308 Å². The highest BCUT2D eigenvalue weighted by Gasteiger charge is 2.38. The molecule has 5 aromatic rings. The van der Waals surface area contributed by atoms with E-state index in [4.69, 9.17) is 15.2 Å². The summed E-state index contributed by atoms with van der Waals surface area (Å²) in [6.07, 6.45) is 14.1. The molecule has 4 fully saturated rings. The van der Waals surface area contributed by atoms with Gasteiger partial charge in [0.25, 0.3) is 5.91 Å². The van der Waals surface area contributed by atoms with Gasteiger partial charge in [-0.25, -0.2) is 9.97 Å². The third kappa shape index (κ3) is 6.47. The number of nitrogens with one attached hydrogen (secondary N) is 1. The third-order valence-electron chi connectivity index (χ3n) is 12.3. The summed E-state index contributed by atoms with van der Waals surface area (Å²) < 4.78 is 8.03. The van der Waals surface area contributed by atoms with E-state index in [2.05, 4.69) is 72.4 Å². The van der Waals surface area contributed by atoms with Crippen molar-refractivity contribution in [2.24, 2.45) is 5.73 Å². The van der Waals surface area contributed by atoms with E-state index < -0.39 is 11.8 Å². The molecule has 1 saturated carbocycles. The summed E-state index contributed by atoms with van der Waals surface area (Å²) in [6.45, 7) is 4.16. The molecule has 4 aliphatic rings. The fourth-order valence-corrected chi connectivity index (χ4v) is 9.19. The summed E-state index contributed by atoms with van der Waals surface area (Å²) in [5.74, 6) is -0.133. The maximum atomic E-state index is 12.7. The first kappa shape index (κ1) is 33.7. The van der Waals surface area contributed by atoms with Crippen LogP contribution in [0.5, 0.6) is 0 Å². The van der Waals surface area contributed by atoms with Crippen molar-refractivity contribution in [1.29, 1.82) is 0 Å². The Morgan fingerprint density at radius 1 is 0.906 bits per heavy atom. The summed E-state index contributed by atoms with van der Waals surface area (Å²) in [5, 5.41) is 8.69. The highest BCUT2D eigenvalue weighted by Crippen LogP contribution is 2.42. The lowest BCUT2D eigenvalue weighted by Crippen LogP contribution is -2.48. The van der Waals surface area contributed by atoms with Crippen LogP contribution in [0.15, 0.2) is 59.4 Å². The van der Waals surface area contributed by atoms with E-state index in [1.165, 1.54) is 17.5 Å². The zero-order valence-corrected chi connectivity index (χ0v) is 30.0. The molecule has 1 aliphatic carbocycles. The number of anilines is 1. The van der Waals surface area contributed by atoms with E-state index in [1.54, 1.807) is 6.20 Å². The van der Waals surface area contributed by atoms with Crippen molar-refractivity contribution in [3.63, 3.8) is 0 Å². The summed E-state index contributed by atoms with van der Waals surface area (Å²) in [4.78, 5) is 50.7. The number of piperidine rings is 3. The van der Waals surface area contributed by atoms with Crippen molar-refractivity contribution in [3.8, 4) is 0 Å². The van der Waals surface area contributed by atoms with Crippen LogP contribution in [-0.4, -0.2) is 74.5 Å². The first-order valence-corrected chi connectivity index (χ1v) is 19.4. The molecule has 12 heteroatoms. The first-order valence-electron chi connectivity index (χ1n) is 19.4. The van der Waals surface area contributed by atoms with Crippen LogP contribution in [0.4, 0.5) is 5.82 Å². The van der Waals surface area contributed by atoms with E-state index >= 15 is 0 Å². The summed E-state index contributed by atoms with van der Waals surface area (Å²) >= 11 is 0. The van der Waals surface area contributed by atoms with Gasteiger partial charge in [0, 0.05) is 48.7 Å². The Bertz CT molecular complexity index is 2170. The van der Waals surface area contributed by atoms with Crippen LogP contribution < -0.4 is 16.0 Å². The molecule has 3 aromatic heterocycles. The Balaban J connectivity index is 0.794. The molecule has 2 aromatic carbocycles. The van der Waals surface area contributed by atoms with Crippen LogP contribution in [0.2, 0.25) is 0 Å². The van der Waals surface area contributed by atoms with Crippen molar-refractivity contribution in [2.45, 2.75) is 94.5 Å². The van der Waals surface area contributed by atoms with Crippen LogP contribution in [0.25, 0.3) is 21.9 Å². The fourth-order valence-electron chi connectivity index (χ4n) is 9.19. The van der Waals surface area contributed by atoms with Gasteiger partial charge < -0.3 is 24.6 Å². The van der Waals surface area contributed by atoms with E-state index in [9.17, 15) is 14.4 Å². The number of carbonyl (C=O) groups is 3. The third-order valence-corrected chi connectivity index (χ3v) is 12.3. The van der Waals surface area contributed by atoms with E-state index in [0.717, 1.165) is 93.2 Å². The monoisotopic (exact) mass is 714 g/mol. The molecule has 6 heterocycles. The lowest BCUT2D eigenvalue weighted by molar-refractivity contribution is -0.134. The minimum absolute atomic E-state index is 0.232. The largest absolute Gasteiger partial charge is 0.364 e. The molecular formula is C41H46N8O4. The number of primary amides is 1. The lowest BCUT2D eigenvalue weighted by atomic mass is 9.82. The average Bonchev–Trinajstić information content (AvgIpc) is 3.79. The number of likely N-dealkylation sites (tertiary alicyclic amines) is 1. The molecular weight excluding hydrogens is 669 g/mol. The van der Waals surface area contributed by atoms with Crippen molar-refractivity contribution in [3.05, 3.63) is 83.1 Å². The Morgan fingerprint density at radius 2 is 1.70 bits per heavy atom. The molecule has 3 aliphatic heterocycles. The van der Waals surface area contributed by atoms with Crippen LogP contribution in [-0.2, 0) is 22.4 Å². The number of hydrogen-bond acceptors (Lipinski definition) is 9. The molecule has 3 N–H and O–H groups in total. The van der Waals surface area contributed by atoms with Crippen LogP contribution in [0.3, 0.4) is 0 Å². The van der Waals surface area contributed by atoms with Crippen molar-refractivity contribution in [2.75, 3.05) is 31.1 Å². The number of aryl methyl sites for hydroxylation is 2. The standard InChI is InChI=1S/C41H46N8O4/c42-40(51)39-32(44-35(24-43-39)48-17-2-1-3-18-48)10-6-25-4-7-26(8-5-25)27-14-19-47(20-15-27)28-22-29(23-28)49-21-16-30-33(49)11-12-34-37(30)38(46-53-34)31-9-13-36(50)45-41(31)52/h4-5,7-8,11-12,16,21,24,27-29,31H,1-3,6,9-10,13-15,17-20,22-23H2,(H2,42,51)(H,45,50,52). The maximum Gasteiger partial charge on any atom is 0.269 e. The van der Waals surface area contributed by atoms with Gasteiger partial charge in [-0.3, -0.25) is 19.7 Å². The molecule has 3 amide bonds. The predicted molar refractivity (Wildman–Crippen MR) is 201 cm³/mol. The summed E-state index contributed by atoms with van der Waals surface area (Å²) in [7, 11) is 0. The van der Waals surface area contributed by atoms with Gasteiger partial charge in [-0.05, 0) is 113 Å². The quantitative estimate of drug-likeness (QED) is 0.187. The SMILES string of the molecule is NC(=O)c1ncc(N2CCCCC2)nc1CCc1ccc(C2CCN(C3CC(n4ccc5c6c(C7CCC(=O)NC7=O)noc6ccc54)C3)CC2)cc1. The van der Waals surface area contributed by atoms with Gasteiger partial charge in [0.2, 0.25) is 11.8 Å². The summed E-state index contributed by atoms with van der Waals surface area (Å²) in [5.41, 5.74) is 11.7. The normalized spacial score (nSPS) is 23.0. The zero-order chi connectivity index (χ0) is 36.1. The van der Waals surface area contributed by atoms with Gasteiger partial charge in [-0.15, -0.1) is 0 Å². The van der Waals surface area contributed by atoms with Crippen molar-refractivity contribution in [1.82, 2.24) is 29.9 Å². The van der Waals surface area contributed by atoms with E-state index in [0.29, 0.717) is 54.2 Å². The highest BCUT2D eigenvalue weighted by molar-refractivity contribution is 6.09. The molecule has 3 saturated heterocycles. The van der Waals surface area contributed by atoms with Gasteiger partial charge in [-0.1, -0.05) is 29.4 Å². The predicted octanol–water partition coefficient (Wildman–Crippen LogP) is 5.55. The number of benzene rings is 2. The lowest BCUT2D eigenvalue weighted by Gasteiger charge is -2.46. The fraction of sp³-hybridized carbons (Fsp3) is 0.463. The second-order valence-corrected chi connectivity index (χ2v) is 15.4. The average molecular weight is 715 g/mol. The van der Waals surface area contributed by atoms with Crippen LogP contribution in [0, 0.1) is 0 Å². The molecule has 1 atom stereocenters. The second-order valence-electron chi connectivity index (χ2n) is 15.4. The minimum atomic E-state index is -0.522.